The number of aryl methyl sites for hydroxylation is 3. The number of nitrogens with zero attached hydrogens (tertiary/aromatic N) is 2. The van der Waals surface area contributed by atoms with Crippen molar-refractivity contribution in [2.75, 3.05) is 20.2 Å². The summed E-state index contributed by atoms with van der Waals surface area (Å²) < 4.78 is 10.6. The summed E-state index contributed by atoms with van der Waals surface area (Å²) in [6.45, 7) is 6.59. The van der Waals surface area contributed by atoms with Crippen LogP contribution >= 0.6 is 0 Å². The van der Waals surface area contributed by atoms with Gasteiger partial charge in [-0.1, -0.05) is 23.4 Å². The van der Waals surface area contributed by atoms with Gasteiger partial charge >= 0.3 is 0 Å². The van der Waals surface area contributed by atoms with Crippen molar-refractivity contribution in [1.29, 1.82) is 0 Å². The minimum Gasteiger partial charge on any atom is -0.496 e. The first-order valence-corrected chi connectivity index (χ1v) is 9.12. The number of likely N-dealkylation sites (tertiary alicyclic amines) is 1. The fourth-order valence-corrected chi connectivity index (χ4v) is 3.50. The molecule has 1 aliphatic heterocycles. The lowest BCUT2D eigenvalue weighted by atomic mass is 10.1. The van der Waals surface area contributed by atoms with E-state index in [1.807, 2.05) is 38.1 Å². The smallest absolute Gasteiger partial charge is 0.220 e. The lowest BCUT2D eigenvalue weighted by molar-refractivity contribution is -0.121. The number of hydrogen-bond acceptors (Lipinski definition) is 5. The molecule has 140 valence electrons. The van der Waals surface area contributed by atoms with Crippen LogP contribution in [0.15, 0.2) is 28.8 Å². The number of methoxy groups -OCH3 is 1. The molecule has 3 rings (SSSR count). The zero-order valence-electron chi connectivity index (χ0n) is 15.7. The number of nitrogens with one attached hydrogen (secondary N) is 1. The monoisotopic (exact) mass is 357 g/mol. The molecule has 0 aliphatic carbocycles. The number of benzene rings is 1. The van der Waals surface area contributed by atoms with Crippen LogP contribution in [0.25, 0.3) is 0 Å². The van der Waals surface area contributed by atoms with Gasteiger partial charge in [-0.3, -0.25) is 9.69 Å². The lowest BCUT2D eigenvalue weighted by Crippen LogP contribution is -2.37. The van der Waals surface area contributed by atoms with Crippen molar-refractivity contribution in [1.82, 2.24) is 15.4 Å². The van der Waals surface area contributed by atoms with Gasteiger partial charge in [0.05, 0.1) is 12.8 Å². The molecule has 1 fully saturated rings. The molecular formula is C20H27N3O3. The number of para-hydroxylation sites is 1. The van der Waals surface area contributed by atoms with Crippen LogP contribution in [0.5, 0.6) is 5.75 Å². The van der Waals surface area contributed by atoms with E-state index in [0.717, 1.165) is 54.4 Å². The van der Waals surface area contributed by atoms with Gasteiger partial charge in [-0.25, -0.2) is 0 Å². The highest BCUT2D eigenvalue weighted by Crippen LogP contribution is 2.20. The molecule has 0 radical (unpaired) electrons. The molecule has 1 saturated heterocycles. The summed E-state index contributed by atoms with van der Waals surface area (Å²) in [5.41, 5.74) is 3.18. The largest absolute Gasteiger partial charge is 0.496 e. The van der Waals surface area contributed by atoms with Gasteiger partial charge in [0.1, 0.15) is 11.5 Å². The van der Waals surface area contributed by atoms with Gasteiger partial charge in [0, 0.05) is 37.7 Å². The highest BCUT2D eigenvalue weighted by molar-refractivity contribution is 5.76. The van der Waals surface area contributed by atoms with Gasteiger partial charge in [0.25, 0.3) is 0 Å². The number of carbonyl (C=O) groups is 1. The first-order chi connectivity index (χ1) is 12.6. The Hall–Kier alpha value is -2.34. The summed E-state index contributed by atoms with van der Waals surface area (Å²) in [6.07, 6.45) is 2.13. The van der Waals surface area contributed by atoms with Gasteiger partial charge in [0.15, 0.2) is 0 Å². The Morgan fingerprint density at radius 2 is 2.19 bits per heavy atom. The summed E-state index contributed by atoms with van der Waals surface area (Å²) >= 11 is 0. The van der Waals surface area contributed by atoms with E-state index >= 15 is 0 Å². The number of hydrogen-bond donors (Lipinski definition) is 1. The van der Waals surface area contributed by atoms with Crippen LogP contribution in [0.3, 0.4) is 0 Å². The Morgan fingerprint density at radius 1 is 1.38 bits per heavy atom. The molecule has 2 heterocycles. The molecule has 1 aromatic heterocycles. The lowest BCUT2D eigenvalue weighted by Gasteiger charge is -2.16. The zero-order valence-corrected chi connectivity index (χ0v) is 15.7. The van der Waals surface area contributed by atoms with E-state index in [2.05, 4.69) is 15.4 Å². The number of amides is 1. The van der Waals surface area contributed by atoms with Crippen LogP contribution < -0.4 is 10.1 Å². The van der Waals surface area contributed by atoms with Crippen LogP contribution in [0.4, 0.5) is 0 Å². The third-order valence-corrected chi connectivity index (χ3v) is 5.01. The summed E-state index contributed by atoms with van der Waals surface area (Å²) in [6, 6.07) is 8.05. The Labute approximate surface area is 154 Å². The molecule has 1 atom stereocenters. The van der Waals surface area contributed by atoms with Crippen LogP contribution in [-0.4, -0.2) is 42.2 Å². The molecule has 0 spiro atoms. The van der Waals surface area contributed by atoms with Crippen molar-refractivity contribution >= 4 is 5.91 Å². The maximum absolute atomic E-state index is 12.3. The van der Waals surface area contributed by atoms with Crippen LogP contribution in [-0.2, 0) is 17.8 Å². The second-order valence-electron chi connectivity index (χ2n) is 6.90. The molecule has 2 aromatic rings. The molecule has 6 nitrogen and oxygen atoms in total. The Kier molecular flexibility index (Phi) is 5.93. The first-order valence-electron chi connectivity index (χ1n) is 9.12. The molecule has 1 aliphatic rings. The molecule has 26 heavy (non-hydrogen) atoms. The van der Waals surface area contributed by atoms with E-state index < -0.39 is 0 Å². The quantitative estimate of drug-likeness (QED) is 0.825. The minimum absolute atomic E-state index is 0.0973. The normalized spacial score (nSPS) is 17.4. The molecule has 0 bridgehead atoms. The predicted octanol–water partition coefficient (Wildman–Crippen LogP) is 2.62. The summed E-state index contributed by atoms with van der Waals surface area (Å²) in [5, 5.41) is 7.18. The highest BCUT2D eigenvalue weighted by Gasteiger charge is 2.25. The predicted molar refractivity (Wildman–Crippen MR) is 99.1 cm³/mol. The van der Waals surface area contributed by atoms with E-state index in [-0.39, 0.29) is 11.9 Å². The topological polar surface area (TPSA) is 67.6 Å². The molecule has 1 aromatic carbocycles. The van der Waals surface area contributed by atoms with Gasteiger partial charge in [-0.15, -0.1) is 0 Å². The van der Waals surface area contributed by atoms with Crippen molar-refractivity contribution in [3.05, 3.63) is 46.8 Å². The number of carbonyl (C=O) groups excluding carboxylic acids is 1. The minimum atomic E-state index is 0.0973. The van der Waals surface area contributed by atoms with Gasteiger partial charge in [-0.05, 0) is 38.3 Å². The van der Waals surface area contributed by atoms with Crippen LogP contribution in [0.1, 0.15) is 35.4 Å². The maximum Gasteiger partial charge on any atom is 0.220 e. The summed E-state index contributed by atoms with van der Waals surface area (Å²) in [4.78, 5) is 14.7. The van der Waals surface area contributed by atoms with E-state index in [4.69, 9.17) is 9.26 Å². The van der Waals surface area contributed by atoms with Gasteiger partial charge in [0.2, 0.25) is 5.91 Å². The van der Waals surface area contributed by atoms with E-state index in [0.29, 0.717) is 12.8 Å². The van der Waals surface area contributed by atoms with Crippen molar-refractivity contribution in [2.45, 2.75) is 45.7 Å². The van der Waals surface area contributed by atoms with Crippen molar-refractivity contribution in [2.24, 2.45) is 0 Å². The third kappa shape index (κ3) is 4.43. The Bertz CT molecular complexity index is 737. The average molecular weight is 357 g/mol. The number of aromatic nitrogens is 1. The summed E-state index contributed by atoms with van der Waals surface area (Å²) in [7, 11) is 1.66. The molecular weight excluding hydrogens is 330 g/mol. The van der Waals surface area contributed by atoms with Gasteiger partial charge in [-0.2, -0.15) is 0 Å². The fourth-order valence-electron chi connectivity index (χ4n) is 3.50. The second-order valence-corrected chi connectivity index (χ2v) is 6.90. The van der Waals surface area contributed by atoms with Crippen molar-refractivity contribution in [3.63, 3.8) is 0 Å². The SMILES string of the molecule is COc1ccccc1CCC(=O)N[C@H]1CCN(Cc2c(C)noc2C)C1. The zero-order chi connectivity index (χ0) is 18.5. The molecule has 0 unspecified atom stereocenters. The van der Waals surface area contributed by atoms with E-state index in [9.17, 15) is 4.79 Å². The average Bonchev–Trinajstić information content (AvgIpc) is 3.21. The Balaban J connectivity index is 1.45. The van der Waals surface area contributed by atoms with Gasteiger partial charge < -0.3 is 14.6 Å². The standard InChI is InChI=1S/C20H27N3O3/c1-14-18(15(2)26-22-14)13-23-11-10-17(12-23)21-20(24)9-8-16-6-4-5-7-19(16)25-3/h4-7,17H,8-13H2,1-3H3,(H,21,24)/t17-/m0/s1. The maximum atomic E-state index is 12.3. The number of rotatable bonds is 7. The van der Waals surface area contributed by atoms with E-state index in [1.165, 1.54) is 0 Å². The second kappa shape index (κ2) is 8.36. The molecule has 6 heteroatoms. The van der Waals surface area contributed by atoms with Crippen LogP contribution in [0, 0.1) is 13.8 Å². The van der Waals surface area contributed by atoms with Crippen molar-refractivity contribution < 1.29 is 14.1 Å². The van der Waals surface area contributed by atoms with E-state index in [1.54, 1.807) is 7.11 Å². The Morgan fingerprint density at radius 3 is 2.92 bits per heavy atom. The summed E-state index contributed by atoms with van der Waals surface area (Å²) in [5.74, 6) is 1.82. The molecule has 1 amide bonds. The van der Waals surface area contributed by atoms with Crippen LogP contribution in [0.2, 0.25) is 0 Å². The molecule has 0 saturated carbocycles. The fraction of sp³-hybridized carbons (Fsp3) is 0.500. The third-order valence-electron chi connectivity index (χ3n) is 5.01. The highest BCUT2D eigenvalue weighted by atomic mass is 16.5. The number of ether oxygens (including phenoxy) is 1. The van der Waals surface area contributed by atoms with Crippen molar-refractivity contribution in [3.8, 4) is 5.75 Å². The molecule has 1 N–H and O–H groups in total. The first kappa shape index (κ1) is 18.5.